The van der Waals surface area contributed by atoms with Crippen molar-refractivity contribution in [3.8, 4) is 11.5 Å². The number of rotatable bonds is 7. The number of carbonyl (C=O) groups is 2. The number of ketones is 1. The smallest absolute Gasteiger partial charge is 0.339 e. The number of anilines is 1. The molecule has 0 atom stereocenters. The van der Waals surface area contributed by atoms with Crippen LogP contribution in [-0.4, -0.2) is 45.2 Å². The van der Waals surface area contributed by atoms with Gasteiger partial charge in [-0.1, -0.05) is 18.2 Å². The van der Waals surface area contributed by atoms with Gasteiger partial charge in [-0.3, -0.25) is 4.79 Å². The maximum absolute atomic E-state index is 12.5. The molecule has 2 rings (SSSR count). The Morgan fingerprint density at radius 1 is 0.962 bits per heavy atom. The summed E-state index contributed by atoms with van der Waals surface area (Å²) in [5.41, 5.74) is 1.97. The molecule has 0 aliphatic rings. The summed E-state index contributed by atoms with van der Waals surface area (Å²) in [6.07, 6.45) is 3.06. The van der Waals surface area contributed by atoms with Gasteiger partial charge in [-0.15, -0.1) is 0 Å². The average Bonchev–Trinajstić information content (AvgIpc) is 2.65. The van der Waals surface area contributed by atoms with Crippen LogP contribution in [-0.2, 0) is 0 Å². The highest BCUT2D eigenvalue weighted by Gasteiger charge is 2.19. The number of carboxylic acid groups (broad SMARTS) is 1. The highest BCUT2D eigenvalue weighted by atomic mass is 16.5. The summed E-state index contributed by atoms with van der Waals surface area (Å²) in [6.45, 7) is 0. The fourth-order valence-corrected chi connectivity index (χ4v) is 2.40. The predicted octanol–water partition coefficient (Wildman–Crippen LogP) is 3.36. The van der Waals surface area contributed by atoms with Crippen molar-refractivity contribution >= 4 is 23.5 Å². The predicted molar refractivity (Wildman–Crippen MR) is 101 cm³/mol. The molecule has 0 heterocycles. The van der Waals surface area contributed by atoms with Crippen molar-refractivity contribution in [2.45, 2.75) is 0 Å². The third-order valence-electron chi connectivity index (χ3n) is 3.85. The maximum atomic E-state index is 12.5. The van der Waals surface area contributed by atoms with Crippen LogP contribution in [0.4, 0.5) is 5.69 Å². The quantitative estimate of drug-likeness (QED) is 0.606. The van der Waals surface area contributed by atoms with E-state index in [0.29, 0.717) is 0 Å². The summed E-state index contributed by atoms with van der Waals surface area (Å²) >= 11 is 0. The summed E-state index contributed by atoms with van der Waals surface area (Å²) in [5.74, 6) is -1.15. The lowest BCUT2D eigenvalue weighted by Crippen LogP contribution is -2.08. The van der Waals surface area contributed by atoms with E-state index < -0.39 is 5.97 Å². The lowest BCUT2D eigenvalue weighted by molar-refractivity contribution is 0.0693. The minimum atomic E-state index is -1.18. The molecule has 0 unspecified atom stereocenters. The van der Waals surface area contributed by atoms with Gasteiger partial charge in [0.2, 0.25) is 0 Å². The van der Waals surface area contributed by atoms with E-state index in [4.69, 9.17) is 9.47 Å². The molecule has 1 N–H and O–H groups in total. The second-order valence-corrected chi connectivity index (χ2v) is 5.74. The van der Waals surface area contributed by atoms with Crippen LogP contribution in [0.25, 0.3) is 6.08 Å². The second kappa shape index (κ2) is 8.20. The molecule has 136 valence electrons. The van der Waals surface area contributed by atoms with E-state index >= 15 is 0 Å². The Labute approximate surface area is 152 Å². The number of benzene rings is 2. The van der Waals surface area contributed by atoms with Gasteiger partial charge in [-0.25, -0.2) is 4.79 Å². The van der Waals surface area contributed by atoms with Crippen molar-refractivity contribution in [1.82, 2.24) is 0 Å². The third-order valence-corrected chi connectivity index (χ3v) is 3.85. The Morgan fingerprint density at radius 2 is 1.54 bits per heavy atom. The van der Waals surface area contributed by atoms with Crippen molar-refractivity contribution < 1.29 is 24.2 Å². The monoisotopic (exact) mass is 355 g/mol. The fourth-order valence-electron chi connectivity index (χ4n) is 2.40. The fraction of sp³-hybridized carbons (Fsp3) is 0.200. The van der Waals surface area contributed by atoms with Crippen molar-refractivity contribution in [3.63, 3.8) is 0 Å². The first-order valence-corrected chi connectivity index (χ1v) is 7.86. The summed E-state index contributed by atoms with van der Waals surface area (Å²) in [5, 5.41) is 9.29. The highest BCUT2D eigenvalue weighted by Crippen LogP contribution is 2.30. The van der Waals surface area contributed by atoms with Crippen molar-refractivity contribution in [3.05, 3.63) is 59.2 Å². The number of ether oxygens (including phenoxy) is 2. The Balaban J connectivity index is 2.33. The average molecular weight is 355 g/mol. The van der Waals surface area contributed by atoms with E-state index in [1.54, 1.807) is 6.08 Å². The number of methoxy groups -OCH3 is 2. The Hall–Kier alpha value is -3.28. The zero-order chi connectivity index (χ0) is 19.3. The Bertz CT molecular complexity index is 838. The summed E-state index contributed by atoms with van der Waals surface area (Å²) < 4.78 is 10.3. The zero-order valence-corrected chi connectivity index (χ0v) is 15.1. The van der Waals surface area contributed by atoms with E-state index in [0.717, 1.165) is 11.3 Å². The van der Waals surface area contributed by atoms with Crippen LogP contribution in [0.15, 0.2) is 42.5 Å². The van der Waals surface area contributed by atoms with Crippen molar-refractivity contribution in [2.24, 2.45) is 0 Å². The van der Waals surface area contributed by atoms with Gasteiger partial charge in [0.1, 0.15) is 17.1 Å². The first-order chi connectivity index (χ1) is 12.4. The number of carboxylic acids is 1. The first-order valence-electron chi connectivity index (χ1n) is 7.86. The van der Waals surface area contributed by atoms with Crippen molar-refractivity contribution in [2.75, 3.05) is 33.2 Å². The normalized spacial score (nSPS) is 10.6. The SMILES string of the molecule is COc1cc(OC)c(C(=O)C=Cc2ccc(N(C)C)cc2)cc1C(=O)O. The zero-order valence-electron chi connectivity index (χ0n) is 15.1. The van der Waals surface area contributed by atoms with Crippen LogP contribution in [0, 0.1) is 0 Å². The molecule has 0 radical (unpaired) electrons. The minimum Gasteiger partial charge on any atom is -0.496 e. The topological polar surface area (TPSA) is 76.1 Å². The van der Waals surface area contributed by atoms with Crippen LogP contribution >= 0.6 is 0 Å². The molecular formula is C20H21NO5. The van der Waals surface area contributed by atoms with Gasteiger partial charge in [0, 0.05) is 25.8 Å². The second-order valence-electron chi connectivity index (χ2n) is 5.74. The number of hydrogen-bond donors (Lipinski definition) is 1. The van der Waals surface area contributed by atoms with E-state index in [1.807, 2.05) is 43.3 Å². The van der Waals surface area contributed by atoms with Crippen molar-refractivity contribution in [1.29, 1.82) is 0 Å². The van der Waals surface area contributed by atoms with E-state index in [2.05, 4.69) is 0 Å². The molecule has 0 amide bonds. The largest absolute Gasteiger partial charge is 0.496 e. The number of nitrogens with zero attached hydrogens (tertiary/aromatic N) is 1. The van der Waals surface area contributed by atoms with Crippen LogP contribution < -0.4 is 14.4 Å². The molecular weight excluding hydrogens is 334 g/mol. The third kappa shape index (κ3) is 4.22. The van der Waals surface area contributed by atoms with E-state index in [-0.39, 0.29) is 28.4 Å². The molecule has 0 aromatic heterocycles. The van der Waals surface area contributed by atoms with Gasteiger partial charge >= 0.3 is 5.97 Å². The summed E-state index contributed by atoms with van der Waals surface area (Å²) in [4.78, 5) is 25.9. The Kier molecular flexibility index (Phi) is 6.01. The minimum absolute atomic E-state index is 0.0969. The molecule has 26 heavy (non-hydrogen) atoms. The number of aromatic carboxylic acids is 1. The lowest BCUT2D eigenvalue weighted by atomic mass is 10.0. The van der Waals surface area contributed by atoms with Crippen LogP contribution in [0.5, 0.6) is 11.5 Å². The van der Waals surface area contributed by atoms with Gasteiger partial charge in [-0.05, 0) is 29.8 Å². The molecule has 6 nitrogen and oxygen atoms in total. The van der Waals surface area contributed by atoms with E-state index in [9.17, 15) is 14.7 Å². The maximum Gasteiger partial charge on any atom is 0.339 e. The highest BCUT2D eigenvalue weighted by molar-refractivity contribution is 6.10. The van der Waals surface area contributed by atoms with Crippen LogP contribution in [0.2, 0.25) is 0 Å². The molecule has 0 aliphatic heterocycles. The standard InChI is InChI=1S/C20H21NO5/c1-21(2)14-8-5-13(6-9-14)7-10-17(22)15-11-16(20(23)24)19(26-4)12-18(15)25-3/h5-12H,1-4H3,(H,23,24). The first kappa shape index (κ1) is 19.1. The van der Waals surface area contributed by atoms with Gasteiger partial charge in [0.15, 0.2) is 5.78 Å². The molecule has 0 saturated heterocycles. The molecule has 0 spiro atoms. The molecule has 0 saturated carbocycles. The molecule has 0 aliphatic carbocycles. The molecule has 0 bridgehead atoms. The van der Waals surface area contributed by atoms with Crippen LogP contribution in [0.3, 0.4) is 0 Å². The number of carbonyl (C=O) groups excluding carboxylic acids is 1. The molecule has 2 aromatic carbocycles. The van der Waals surface area contributed by atoms with Gasteiger partial charge in [-0.2, -0.15) is 0 Å². The number of hydrogen-bond acceptors (Lipinski definition) is 5. The summed E-state index contributed by atoms with van der Waals surface area (Å²) in [7, 11) is 6.67. The molecule has 0 fully saturated rings. The molecule has 6 heteroatoms. The van der Waals surface area contributed by atoms with Gasteiger partial charge in [0.25, 0.3) is 0 Å². The Morgan fingerprint density at radius 3 is 2.04 bits per heavy atom. The molecule has 2 aromatic rings. The number of allylic oxidation sites excluding steroid dienone is 1. The lowest BCUT2D eigenvalue weighted by Gasteiger charge is -2.12. The summed E-state index contributed by atoms with van der Waals surface area (Å²) in [6, 6.07) is 10.3. The van der Waals surface area contributed by atoms with Gasteiger partial charge in [0.05, 0.1) is 19.8 Å². The van der Waals surface area contributed by atoms with Crippen LogP contribution in [0.1, 0.15) is 26.3 Å². The van der Waals surface area contributed by atoms with Gasteiger partial charge < -0.3 is 19.5 Å². The van der Waals surface area contributed by atoms with E-state index in [1.165, 1.54) is 32.4 Å².